The van der Waals surface area contributed by atoms with Crippen LogP contribution in [0.15, 0.2) is 12.7 Å². The van der Waals surface area contributed by atoms with Gasteiger partial charge in [0, 0.05) is 12.5 Å². The van der Waals surface area contributed by atoms with E-state index in [1.54, 1.807) is 0 Å². The molecule has 2 unspecified atom stereocenters. The molecule has 0 aromatic heterocycles. The van der Waals surface area contributed by atoms with Gasteiger partial charge in [-0.1, -0.05) is 6.58 Å². The third-order valence-electron chi connectivity index (χ3n) is 1.61. The van der Waals surface area contributed by atoms with Crippen LogP contribution in [0, 0.1) is 0 Å². The van der Waals surface area contributed by atoms with Crippen molar-refractivity contribution in [3.63, 3.8) is 0 Å². The van der Waals surface area contributed by atoms with E-state index in [1.807, 2.05) is 6.92 Å². The molecule has 3 heteroatoms. The van der Waals surface area contributed by atoms with Crippen LogP contribution in [-0.4, -0.2) is 18.4 Å². The lowest BCUT2D eigenvalue weighted by molar-refractivity contribution is -0.168. The van der Waals surface area contributed by atoms with E-state index in [9.17, 15) is 4.79 Å². The highest BCUT2D eigenvalue weighted by atomic mass is 16.7. The van der Waals surface area contributed by atoms with Gasteiger partial charge in [0.1, 0.15) is 0 Å². The van der Waals surface area contributed by atoms with E-state index in [2.05, 4.69) is 6.58 Å². The molecule has 11 heavy (non-hydrogen) atoms. The summed E-state index contributed by atoms with van der Waals surface area (Å²) in [5, 5.41) is 0. The van der Waals surface area contributed by atoms with Crippen LogP contribution in [-0.2, 0) is 14.3 Å². The SMILES string of the molecule is C=CC(=O)OC1CCC(C)O1. The van der Waals surface area contributed by atoms with Crippen LogP contribution in [0.2, 0.25) is 0 Å². The van der Waals surface area contributed by atoms with Crippen molar-refractivity contribution < 1.29 is 14.3 Å². The zero-order valence-corrected chi connectivity index (χ0v) is 6.58. The van der Waals surface area contributed by atoms with E-state index < -0.39 is 5.97 Å². The molecule has 1 saturated heterocycles. The summed E-state index contributed by atoms with van der Waals surface area (Å²) >= 11 is 0. The van der Waals surface area contributed by atoms with Crippen molar-refractivity contribution in [3.8, 4) is 0 Å². The van der Waals surface area contributed by atoms with Gasteiger partial charge in [-0.3, -0.25) is 0 Å². The fourth-order valence-corrected chi connectivity index (χ4v) is 1.03. The number of carbonyl (C=O) groups excluding carboxylic acids is 1. The van der Waals surface area contributed by atoms with Gasteiger partial charge < -0.3 is 9.47 Å². The summed E-state index contributed by atoms with van der Waals surface area (Å²) in [4.78, 5) is 10.7. The molecular weight excluding hydrogens is 144 g/mol. The Kier molecular flexibility index (Phi) is 2.65. The van der Waals surface area contributed by atoms with Gasteiger partial charge in [0.2, 0.25) is 6.29 Å². The fourth-order valence-electron chi connectivity index (χ4n) is 1.03. The highest BCUT2D eigenvalue weighted by molar-refractivity contribution is 5.81. The van der Waals surface area contributed by atoms with Crippen LogP contribution in [0.4, 0.5) is 0 Å². The van der Waals surface area contributed by atoms with Crippen molar-refractivity contribution in [2.24, 2.45) is 0 Å². The van der Waals surface area contributed by atoms with Crippen molar-refractivity contribution in [2.45, 2.75) is 32.2 Å². The van der Waals surface area contributed by atoms with Gasteiger partial charge in [0.15, 0.2) is 0 Å². The zero-order chi connectivity index (χ0) is 8.27. The van der Waals surface area contributed by atoms with Crippen molar-refractivity contribution >= 4 is 5.97 Å². The van der Waals surface area contributed by atoms with Crippen molar-refractivity contribution in [3.05, 3.63) is 12.7 Å². The van der Waals surface area contributed by atoms with E-state index in [1.165, 1.54) is 0 Å². The molecule has 62 valence electrons. The van der Waals surface area contributed by atoms with Gasteiger partial charge in [0.25, 0.3) is 0 Å². The third-order valence-corrected chi connectivity index (χ3v) is 1.61. The first kappa shape index (κ1) is 8.27. The maximum atomic E-state index is 10.7. The van der Waals surface area contributed by atoms with Crippen LogP contribution in [0.3, 0.4) is 0 Å². The van der Waals surface area contributed by atoms with Crippen LogP contribution >= 0.6 is 0 Å². The van der Waals surface area contributed by atoms with E-state index >= 15 is 0 Å². The third kappa shape index (κ3) is 2.35. The Labute approximate surface area is 66.0 Å². The number of hydrogen-bond acceptors (Lipinski definition) is 3. The van der Waals surface area contributed by atoms with Crippen molar-refractivity contribution in [1.82, 2.24) is 0 Å². The molecule has 1 fully saturated rings. The maximum Gasteiger partial charge on any atom is 0.332 e. The Morgan fingerprint density at radius 3 is 2.91 bits per heavy atom. The monoisotopic (exact) mass is 156 g/mol. The molecular formula is C8H12O3. The molecule has 0 aromatic rings. The van der Waals surface area contributed by atoms with Gasteiger partial charge in [-0.15, -0.1) is 0 Å². The fraction of sp³-hybridized carbons (Fsp3) is 0.625. The number of ether oxygens (including phenoxy) is 2. The van der Waals surface area contributed by atoms with Crippen LogP contribution < -0.4 is 0 Å². The average Bonchev–Trinajstić information content (AvgIpc) is 2.35. The van der Waals surface area contributed by atoms with Crippen LogP contribution in [0.25, 0.3) is 0 Å². The van der Waals surface area contributed by atoms with E-state index in [4.69, 9.17) is 9.47 Å². The summed E-state index contributed by atoms with van der Waals surface area (Å²) in [5.41, 5.74) is 0. The Bertz CT molecular complexity index is 165. The van der Waals surface area contributed by atoms with E-state index in [0.717, 1.165) is 18.9 Å². The largest absolute Gasteiger partial charge is 0.433 e. The summed E-state index contributed by atoms with van der Waals surface area (Å²) in [5.74, 6) is -0.413. The maximum absolute atomic E-state index is 10.7. The second-order valence-electron chi connectivity index (χ2n) is 2.59. The summed E-state index contributed by atoms with van der Waals surface area (Å²) < 4.78 is 10.1. The highest BCUT2D eigenvalue weighted by Gasteiger charge is 2.23. The topological polar surface area (TPSA) is 35.5 Å². The molecule has 2 atom stereocenters. The number of carbonyl (C=O) groups is 1. The predicted octanol–water partition coefficient (Wildman–Crippen LogP) is 1.24. The normalized spacial score (nSPS) is 29.9. The van der Waals surface area contributed by atoms with Crippen molar-refractivity contribution in [1.29, 1.82) is 0 Å². The first-order valence-electron chi connectivity index (χ1n) is 3.71. The average molecular weight is 156 g/mol. The standard InChI is InChI=1S/C8H12O3/c1-3-7(9)11-8-5-4-6(2)10-8/h3,6,8H,1,4-5H2,2H3. The molecule has 0 N–H and O–H groups in total. The minimum Gasteiger partial charge on any atom is -0.433 e. The lowest BCUT2D eigenvalue weighted by atomic mass is 10.3. The quantitative estimate of drug-likeness (QED) is 0.445. The smallest absolute Gasteiger partial charge is 0.332 e. The van der Waals surface area contributed by atoms with E-state index in [-0.39, 0.29) is 12.4 Å². The zero-order valence-electron chi connectivity index (χ0n) is 6.58. The Hall–Kier alpha value is -0.830. The summed E-state index contributed by atoms with van der Waals surface area (Å²) in [7, 11) is 0. The van der Waals surface area contributed by atoms with Gasteiger partial charge in [-0.2, -0.15) is 0 Å². The number of rotatable bonds is 2. The molecule has 0 amide bonds. The van der Waals surface area contributed by atoms with Crippen LogP contribution in [0.5, 0.6) is 0 Å². The minimum absolute atomic E-state index is 0.206. The molecule has 1 aliphatic rings. The Morgan fingerprint density at radius 2 is 2.45 bits per heavy atom. The molecule has 0 saturated carbocycles. The summed E-state index contributed by atoms with van der Waals surface area (Å²) in [6.07, 6.45) is 2.75. The predicted molar refractivity (Wildman–Crippen MR) is 39.9 cm³/mol. The first-order chi connectivity index (χ1) is 5.22. The molecule has 1 rings (SSSR count). The summed E-state index contributed by atoms with van der Waals surface area (Å²) in [6.45, 7) is 5.25. The Morgan fingerprint density at radius 1 is 1.73 bits per heavy atom. The molecule has 0 radical (unpaired) electrons. The number of esters is 1. The van der Waals surface area contributed by atoms with Gasteiger partial charge in [-0.05, 0) is 13.3 Å². The Balaban J connectivity index is 2.28. The molecule has 1 heterocycles. The molecule has 0 spiro atoms. The minimum atomic E-state index is -0.413. The molecule has 3 nitrogen and oxygen atoms in total. The highest BCUT2D eigenvalue weighted by Crippen LogP contribution is 2.19. The molecule has 0 aliphatic carbocycles. The van der Waals surface area contributed by atoms with Crippen LogP contribution in [0.1, 0.15) is 19.8 Å². The second-order valence-corrected chi connectivity index (χ2v) is 2.59. The second kappa shape index (κ2) is 3.53. The molecule has 0 bridgehead atoms. The van der Waals surface area contributed by atoms with Crippen molar-refractivity contribution in [2.75, 3.05) is 0 Å². The molecule has 0 aromatic carbocycles. The lowest BCUT2D eigenvalue weighted by Gasteiger charge is -2.09. The summed E-state index contributed by atoms with van der Waals surface area (Å²) in [6, 6.07) is 0. The number of hydrogen-bond donors (Lipinski definition) is 0. The van der Waals surface area contributed by atoms with Gasteiger partial charge >= 0.3 is 5.97 Å². The van der Waals surface area contributed by atoms with Gasteiger partial charge in [0.05, 0.1) is 6.10 Å². The molecule has 1 aliphatic heterocycles. The van der Waals surface area contributed by atoms with Gasteiger partial charge in [-0.25, -0.2) is 4.79 Å². The van der Waals surface area contributed by atoms with E-state index in [0.29, 0.717) is 0 Å². The first-order valence-corrected chi connectivity index (χ1v) is 3.71. The lowest BCUT2D eigenvalue weighted by Crippen LogP contribution is -2.16.